The molecule has 1 aromatic carbocycles. The molecule has 0 unspecified atom stereocenters. The van der Waals surface area contributed by atoms with E-state index in [1.54, 1.807) is 35.0 Å². The average molecular weight is 506 g/mol. The first-order valence-electron chi connectivity index (χ1n) is 11.9. The number of aromatic nitrogens is 2. The van der Waals surface area contributed by atoms with Crippen molar-refractivity contribution in [3.8, 4) is 28.5 Å². The van der Waals surface area contributed by atoms with Crippen LogP contribution in [0.3, 0.4) is 0 Å². The Labute approximate surface area is 205 Å². The van der Waals surface area contributed by atoms with Gasteiger partial charge in [0.1, 0.15) is 28.5 Å². The number of fused-ring (bicyclic) bond motifs is 1. The van der Waals surface area contributed by atoms with E-state index in [0.717, 1.165) is 12.8 Å². The van der Waals surface area contributed by atoms with Crippen LogP contribution in [0.25, 0.3) is 16.9 Å². The number of carbonyl (C=O) groups is 1. The molecule has 192 valence electrons. The van der Waals surface area contributed by atoms with Crippen LogP contribution in [0.2, 0.25) is 0 Å². The van der Waals surface area contributed by atoms with Crippen molar-refractivity contribution in [2.24, 2.45) is 5.92 Å². The number of nitrogens with zero attached hydrogens (tertiary/aromatic N) is 2. The Hall–Kier alpha value is -3.30. The number of benzene rings is 1. The summed E-state index contributed by atoms with van der Waals surface area (Å²) < 4.78 is 71.1. The predicted molar refractivity (Wildman–Crippen MR) is 123 cm³/mol. The summed E-state index contributed by atoms with van der Waals surface area (Å²) in [6, 6.07) is 6.39. The summed E-state index contributed by atoms with van der Waals surface area (Å²) >= 11 is 0. The summed E-state index contributed by atoms with van der Waals surface area (Å²) in [5.74, 6) is -2.24. The Morgan fingerprint density at radius 2 is 1.86 bits per heavy atom. The zero-order valence-electron chi connectivity index (χ0n) is 19.7. The fourth-order valence-corrected chi connectivity index (χ4v) is 4.62. The molecule has 3 aromatic rings. The number of hydrogen-bond donors (Lipinski definition) is 0. The molecule has 2 aromatic heterocycles. The molecule has 36 heavy (non-hydrogen) atoms. The molecule has 10 heteroatoms. The highest BCUT2D eigenvalue weighted by Crippen LogP contribution is 2.41. The van der Waals surface area contributed by atoms with Gasteiger partial charge >= 0.3 is 6.61 Å². The third-order valence-corrected chi connectivity index (χ3v) is 6.70. The quantitative estimate of drug-likeness (QED) is 0.243. The Bertz CT molecular complexity index is 1260. The summed E-state index contributed by atoms with van der Waals surface area (Å²) in [6.45, 7) is -3.11. The second-order valence-corrected chi connectivity index (χ2v) is 9.41. The van der Waals surface area contributed by atoms with E-state index in [4.69, 9.17) is 14.2 Å². The number of alkyl halides is 4. The number of hydrogen-bond acceptors (Lipinski definition) is 5. The minimum atomic E-state index is -3.11. The normalized spacial score (nSPS) is 17.9. The first-order valence-corrected chi connectivity index (χ1v) is 11.9. The summed E-state index contributed by atoms with van der Waals surface area (Å²) in [5.41, 5.74) is 1.57. The molecule has 0 atom stereocenters. The topological polar surface area (TPSA) is 62.1 Å². The number of pyridine rings is 1. The minimum Gasteiger partial charge on any atom is -0.496 e. The average Bonchev–Trinajstić information content (AvgIpc) is 3.54. The number of Topliss-reactive ketones (excluding diaryl/α,β-unsaturated/α-hetero) is 1. The van der Waals surface area contributed by atoms with Gasteiger partial charge in [0.05, 0.1) is 25.1 Å². The van der Waals surface area contributed by atoms with Gasteiger partial charge in [-0.05, 0) is 49.8 Å². The van der Waals surface area contributed by atoms with Crippen molar-refractivity contribution in [2.75, 3.05) is 7.11 Å². The highest BCUT2D eigenvalue weighted by molar-refractivity contribution is 6.02. The van der Waals surface area contributed by atoms with Crippen LogP contribution in [0.4, 0.5) is 17.6 Å². The van der Waals surface area contributed by atoms with E-state index >= 15 is 0 Å². The molecule has 0 amide bonds. The van der Waals surface area contributed by atoms with E-state index in [-0.39, 0.29) is 67.0 Å². The Morgan fingerprint density at radius 1 is 1.14 bits per heavy atom. The zero-order chi connectivity index (χ0) is 25.4. The first kappa shape index (κ1) is 24.4. The molecular formula is C26H26F4N2O4. The molecule has 0 radical (unpaired) electrons. The van der Waals surface area contributed by atoms with Gasteiger partial charge in [0.25, 0.3) is 0 Å². The molecular weight excluding hydrogens is 480 g/mol. The van der Waals surface area contributed by atoms with Gasteiger partial charge in [-0.15, -0.1) is 0 Å². The highest BCUT2D eigenvalue weighted by atomic mass is 19.3. The van der Waals surface area contributed by atoms with E-state index in [2.05, 4.69) is 4.98 Å². The monoisotopic (exact) mass is 506 g/mol. The standard InChI is InChI=1S/C26H26F4N2O4/c1-34-21-11-16(12-22(36-25(27)28)24(21)20(33)10-15-2-3-15)19-14-31-23-13-18(6-9-32(19)23)35-17-4-7-26(29,30)8-5-17/h6,9,11-15,17,25H,2-5,7-8,10H2,1H3. The fourth-order valence-electron chi connectivity index (χ4n) is 4.62. The van der Waals surface area contributed by atoms with E-state index in [1.165, 1.54) is 13.2 Å². The van der Waals surface area contributed by atoms with Gasteiger partial charge in [-0.2, -0.15) is 8.78 Å². The molecule has 6 nitrogen and oxygen atoms in total. The van der Waals surface area contributed by atoms with Crippen molar-refractivity contribution in [3.05, 3.63) is 42.2 Å². The Morgan fingerprint density at radius 3 is 2.53 bits per heavy atom. The second kappa shape index (κ2) is 9.63. The molecule has 2 saturated carbocycles. The number of rotatable bonds is 9. The van der Waals surface area contributed by atoms with Crippen LogP contribution in [-0.2, 0) is 0 Å². The maximum Gasteiger partial charge on any atom is 0.387 e. The van der Waals surface area contributed by atoms with Gasteiger partial charge in [-0.25, -0.2) is 13.8 Å². The summed E-state index contributed by atoms with van der Waals surface area (Å²) in [7, 11) is 1.37. The largest absolute Gasteiger partial charge is 0.496 e. The lowest BCUT2D eigenvalue weighted by molar-refractivity contribution is -0.0582. The van der Waals surface area contributed by atoms with Crippen molar-refractivity contribution >= 4 is 11.4 Å². The predicted octanol–water partition coefficient (Wildman–Crippen LogP) is 6.55. The number of ether oxygens (including phenoxy) is 3. The maximum absolute atomic E-state index is 13.4. The molecule has 0 aliphatic heterocycles. The minimum absolute atomic E-state index is 0.0102. The third kappa shape index (κ3) is 5.27. The van der Waals surface area contributed by atoms with Gasteiger partial charge in [0.15, 0.2) is 5.78 Å². The number of carbonyl (C=O) groups excluding carboxylic acids is 1. The molecule has 2 fully saturated rings. The first-order chi connectivity index (χ1) is 17.2. The van der Waals surface area contributed by atoms with Crippen molar-refractivity contribution in [2.45, 2.75) is 63.6 Å². The van der Waals surface area contributed by atoms with E-state index < -0.39 is 12.5 Å². The zero-order valence-corrected chi connectivity index (χ0v) is 19.7. The lowest BCUT2D eigenvalue weighted by Gasteiger charge is -2.28. The summed E-state index contributed by atoms with van der Waals surface area (Å²) in [5, 5.41) is 0. The van der Waals surface area contributed by atoms with Crippen LogP contribution in [0.5, 0.6) is 17.2 Å². The molecule has 2 aliphatic rings. The van der Waals surface area contributed by atoms with Gasteiger partial charge in [0, 0.05) is 37.1 Å². The Balaban J connectivity index is 1.44. The van der Waals surface area contributed by atoms with Gasteiger partial charge < -0.3 is 14.2 Å². The van der Waals surface area contributed by atoms with Crippen LogP contribution in [0.15, 0.2) is 36.7 Å². The van der Waals surface area contributed by atoms with Crippen molar-refractivity contribution < 1.29 is 36.6 Å². The molecule has 5 rings (SSSR count). The highest BCUT2D eigenvalue weighted by Gasteiger charge is 2.36. The van der Waals surface area contributed by atoms with Crippen LogP contribution < -0.4 is 14.2 Å². The number of halogens is 4. The van der Waals surface area contributed by atoms with Gasteiger partial charge in [0.2, 0.25) is 5.92 Å². The number of imidazole rings is 1. The van der Waals surface area contributed by atoms with Crippen LogP contribution >= 0.6 is 0 Å². The summed E-state index contributed by atoms with van der Waals surface area (Å²) in [4.78, 5) is 17.2. The van der Waals surface area contributed by atoms with E-state index in [1.807, 2.05) is 0 Å². The van der Waals surface area contributed by atoms with Crippen LogP contribution in [0, 0.1) is 5.92 Å². The SMILES string of the molecule is COc1cc(-c2cnc3cc(OC4CCC(F)(F)CC4)ccn23)cc(OC(F)F)c1C(=O)CC1CC1. The van der Waals surface area contributed by atoms with Gasteiger partial charge in [-0.3, -0.25) is 9.20 Å². The lowest BCUT2D eigenvalue weighted by Crippen LogP contribution is -2.30. The number of ketones is 1. The second-order valence-electron chi connectivity index (χ2n) is 9.41. The van der Waals surface area contributed by atoms with Gasteiger partial charge in [-0.1, -0.05) is 0 Å². The van der Waals surface area contributed by atoms with Crippen LogP contribution in [-0.4, -0.2) is 40.9 Å². The molecule has 2 heterocycles. The van der Waals surface area contributed by atoms with E-state index in [9.17, 15) is 22.4 Å². The third-order valence-electron chi connectivity index (χ3n) is 6.70. The van der Waals surface area contributed by atoms with Crippen molar-refractivity contribution in [3.63, 3.8) is 0 Å². The number of methoxy groups -OCH3 is 1. The van der Waals surface area contributed by atoms with Crippen molar-refractivity contribution in [1.82, 2.24) is 9.38 Å². The molecule has 0 N–H and O–H groups in total. The fraction of sp³-hybridized carbons (Fsp3) is 0.462. The van der Waals surface area contributed by atoms with E-state index in [0.29, 0.717) is 22.7 Å². The molecule has 0 bridgehead atoms. The summed E-state index contributed by atoms with van der Waals surface area (Å²) in [6.07, 6.45) is 5.27. The maximum atomic E-state index is 13.4. The molecule has 2 aliphatic carbocycles. The Kier molecular flexibility index (Phi) is 6.53. The lowest BCUT2D eigenvalue weighted by atomic mass is 9.94. The smallest absolute Gasteiger partial charge is 0.387 e. The van der Waals surface area contributed by atoms with Crippen LogP contribution in [0.1, 0.15) is 55.3 Å². The molecule has 0 spiro atoms. The molecule has 0 saturated heterocycles. The van der Waals surface area contributed by atoms with Crippen molar-refractivity contribution in [1.29, 1.82) is 0 Å².